The molecule has 32 heavy (non-hydrogen) atoms. The summed E-state index contributed by atoms with van der Waals surface area (Å²) in [6, 6.07) is 22.3. The van der Waals surface area contributed by atoms with Crippen molar-refractivity contribution >= 4 is 22.5 Å². The fraction of sp³-hybridized carbons (Fsp3) is 0.192. The van der Waals surface area contributed by atoms with Crippen LogP contribution in [0.25, 0.3) is 10.9 Å². The van der Waals surface area contributed by atoms with Crippen molar-refractivity contribution in [2.24, 2.45) is 0 Å². The van der Waals surface area contributed by atoms with Crippen LogP contribution in [0.3, 0.4) is 0 Å². The van der Waals surface area contributed by atoms with Gasteiger partial charge >= 0.3 is 5.69 Å². The molecule has 1 N–H and O–H groups in total. The van der Waals surface area contributed by atoms with Crippen LogP contribution in [0, 0.1) is 13.8 Å². The first kappa shape index (κ1) is 21.3. The van der Waals surface area contributed by atoms with Crippen molar-refractivity contribution in [3.05, 3.63) is 110 Å². The molecule has 4 rings (SSSR count). The molecule has 0 bridgehead atoms. The summed E-state index contributed by atoms with van der Waals surface area (Å²) in [5, 5.41) is 3.31. The zero-order valence-electron chi connectivity index (χ0n) is 18.2. The van der Waals surface area contributed by atoms with Crippen LogP contribution in [-0.4, -0.2) is 15.0 Å². The molecule has 0 radical (unpaired) electrons. The summed E-state index contributed by atoms with van der Waals surface area (Å²) >= 11 is 0. The van der Waals surface area contributed by atoms with Gasteiger partial charge in [0.1, 0.15) is 6.54 Å². The molecule has 0 aliphatic rings. The molecule has 0 saturated heterocycles. The Labute approximate surface area is 185 Å². The molecule has 4 aromatic rings. The maximum Gasteiger partial charge on any atom is 0.331 e. The lowest BCUT2D eigenvalue weighted by Gasteiger charge is -2.15. The summed E-state index contributed by atoms with van der Waals surface area (Å²) in [6.45, 7) is 3.98. The second kappa shape index (κ2) is 9.06. The number of aryl methyl sites for hydroxylation is 2. The van der Waals surface area contributed by atoms with Crippen molar-refractivity contribution in [3.63, 3.8) is 0 Å². The Kier molecular flexibility index (Phi) is 6.03. The Morgan fingerprint density at radius 3 is 2.34 bits per heavy atom. The highest BCUT2D eigenvalue weighted by atomic mass is 16.2. The molecule has 1 heterocycles. The van der Waals surface area contributed by atoms with Crippen LogP contribution in [0.15, 0.2) is 82.4 Å². The number of anilines is 1. The first-order valence-corrected chi connectivity index (χ1v) is 10.6. The maximum atomic E-state index is 13.3. The van der Waals surface area contributed by atoms with Crippen LogP contribution in [0.5, 0.6) is 0 Å². The van der Waals surface area contributed by atoms with Gasteiger partial charge in [-0.15, -0.1) is 0 Å². The van der Waals surface area contributed by atoms with E-state index in [1.54, 1.807) is 24.3 Å². The van der Waals surface area contributed by atoms with Gasteiger partial charge in [-0.3, -0.25) is 18.7 Å². The Bertz CT molecular complexity index is 1400. The molecule has 0 fully saturated rings. The Morgan fingerprint density at radius 2 is 1.56 bits per heavy atom. The highest BCUT2D eigenvalue weighted by Gasteiger charge is 2.16. The van der Waals surface area contributed by atoms with E-state index in [9.17, 15) is 14.4 Å². The van der Waals surface area contributed by atoms with Crippen molar-refractivity contribution in [2.75, 3.05) is 5.32 Å². The van der Waals surface area contributed by atoms with Crippen molar-refractivity contribution in [3.8, 4) is 0 Å². The van der Waals surface area contributed by atoms with E-state index >= 15 is 0 Å². The van der Waals surface area contributed by atoms with E-state index in [0.29, 0.717) is 23.0 Å². The Morgan fingerprint density at radius 1 is 0.844 bits per heavy atom. The van der Waals surface area contributed by atoms with Crippen LogP contribution < -0.4 is 16.6 Å². The minimum Gasteiger partial charge on any atom is -0.324 e. The van der Waals surface area contributed by atoms with Crippen LogP contribution in [0.1, 0.15) is 16.7 Å². The minimum atomic E-state index is -0.485. The number of hydrogen-bond donors (Lipinski definition) is 1. The van der Waals surface area contributed by atoms with E-state index in [-0.39, 0.29) is 24.6 Å². The van der Waals surface area contributed by atoms with Crippen molar-refractivity contribution < 1.29 is 4.79 Å². The van der Waals surface area contributed by atoms with Gasteiger partial charge in [-0.25, -0.2) is 4.79 Å². The van der Waals surface area contributed by atoms with Crippen LogP contribution >= 0.6 is 0 Å². The molecule has 0 aliphatic carbocycles. The van der Waals surface area contributed by atoms with E-state index in [1.165, 1.54) is 9.13 Å². The summed E-state index contributed by atoms with van der Waals surface area (Å²) < 4.78 is 2.60. The largest absolute Gasteiger partial charge is 0.331 e. The number of benzene rings is 3. The third kappa shape index (κ3) is 4.25. The molecule has 3 aromatic carbocycles. The fourth-order valence-electron chi connectivity index (χ4n) is 3.83. The molecule has 1 aromatic heterocycles. The lowest BCUT2D eigenvalue weighted by atomic mass is 10.1. The lowest BCUT2D eigenvalue weighted by Crippen LogP contribution is -2.42. The number of carbonyl (C=O) groups excluding carboxylic acids is 1. The smallest absolute Gasteiger partial charge is 0.324 e. The monoisotopic (exact) mass is 427 g/mol. The van der Waals surface area contributed by atoms with Crippen molar-refractivity contribution in [2.45, 2.75) is 33.4 Å². The Hall–Kier alpha value is -3.93. The molecule has 0 unspecified atom stereocenters. The predicted octanol–water partition coefficient (Wildman–Crippen LogP) is 3.66. The minimum absolute atomic E-state index is 0.182. The number of carbonyl (C=O) groups is 1. The standard InChI is InChI=1S/C26H25N3O3/c1-18-9-8-13-22(19(18)2)27-24(30)17-29-23-14-7-6-12-21(23)25(31)28(26(29)32)16-15-20-10-4-3-5-11-20/h3-14H,15-17H2,1-2H3,(H,27,30). The Balaban J connectivity index is 1.70. The first-order valence-electron chi connectivity index (χ1n) is 10.6. The molecule has 0 spiro atoms. The van der Waals surface area contributed by atoms with E-state index in [4.69, 9.17) is 0 Å². The molecular formula is C26H25N3O3. The summed E-state index contributed by atoms with van der Waals surface area (Å²) in [4.78, 5) is 39.2. The SMILES string of the molecule is Cc1cccc(NC(=O)Cn2c(=O)n(CCc3ccccc3)c(=O)c3ccccc32)c1C. The summed E-state index contributed by atoms with van der Waals surface area (Å²) in [7, 11) is 0. The van der Waals surface area contributed by atoms with Gasteiger partial charge in [0.05, 0.1) is 10.9 Å². The summed E-state index contributed by atoms with van der Waals surface area (Å²) in [5.74, 6) is -0.320. The van der Waals surface area contributed by atoms with Crippen LogP contribution in [0.2, 0.25) is 0 Å². The molecule has 1 amide bonds. The maximum absolute atomic E-state index is 13.3. The van der Waals surface area contributed by atoms with Gasteiger partial charge in [0.2, 0.25) is 5.91 Å². The third-order valence-electron chi connectivity index (χ3n) is 5.78. The lowest BCUT2D eigenvalue weighted by molar-refractivity contribution is -0.116. The first-order chi connectivity index (χ1) is 15.5. The molecule has 6 heteroatoms. The molecular weight excluding hydrogens is 402 g/mol. The zero-order chi connectivity index (χ0) is 22.7. The van der Waals surface area contributed by atoms with E-state index in [1.807, 2.05) is 62.4 Å². The van der Waals surface area contributed by atoms with Crippen molar-refractivity contribution in [1.82, 2.24) is 9.13 Å². The molecule has 162 valence electrons. The number of aromatic nitrogens is 2. The van der Waals surface area contributed by atoms with Crippen LogP contribution in [0.4, 0.5) is 5.69 Å². The molecule has 0 saturated carbocycles. The van der Waals surface area contributed by atoms with E-state index in [2.05, 4.69) is 5.32 Å². The predicted molar refractivity (Wildman–Crippen MR) is 127 cm³/mol. The summed E-state index contributed by atoms with van der Waals surface area (Å²) in [5.41, 5.74) is 3.42. The second-order valence-corrected chi connectivity index (χ2v) is 7.87. The summed E-state index contributed by atoms with van der Waals surface area (Å²) in [6.07, 6.45) is 0.545. The number of amides is 1. The normalized spacial score (nSPS) is 10.9. The average molecular weight is 428 g/mol. The fourth-order valence-corrected chi connectivity index (χ4v) is 3.83. The van der Waals surface area contributed by atoms with Gasteiger partial charge in [-0.05, 0) is 55.2 Å². The van der Waals surface area contributed by atoms with Gasteiger partial charge < -0.3 is 5.32 Å². The third-order valence-corrected chi connectivity index (χ3v) is 5.78. The van der Waals surface area contributed by atoms with Crippen LogP contribution in [-0.2, 0) is 24.3 Å². The number of para-hydroxylation sites is 1. The number of fused-ring (bicyclic) bond motifs is 1. The van der Waals surface area contributed by atoms with Gasteiger partial charge in [-0.2, -0.15) is 0 Å². The molecule has 0 atom stereocenters. The van der Waals surface area contributed by atoms with Gasteiger partial charge in [0.15, 0.2) is 0 Å². The zero-order valence-corrected chi connectivity index (χ0v) is 18.2. The highest BCUT2D eigenvalue weighted by molar-refractivity contribution is 5.92. The number of nitrogens with zero attached hydrogens (tertiary/aromatic N) is 2. The van der Waals surface area contributed by atoms with E-state index in [0.717, 1.165) is 16.7 Å². The van der Waals surface area contributed by atoms with Gasteiger partial charge in [0.25, 0.3) is 5.56 Å². The molecule has 0 aliphatic heterocycles. The van der Waals surface area contributed by atoms with Crippen molar-refractivity contribution in [1.29, 1.82) is 0 Å². The number of rotatable bonds is 6. The number of hydrogen-bond acceptors (Lipinski definition) is 3. The quantitative estimate of drug-likeness (QED) is 0.510. The average Bonchev–Trinajstić information content (AvgIpc) is 2.80. The van der Waals surface area contributed by atoms with Gasteiger partial charge in [0, 0.05) is 12.2 Å². The molecule has 6 nitrogen and oxygen atoms in total. The van der Waals surface area contributed by atoms with Gasteiger partial charge in [-0.1, -0.05) is 54.6 Å². The van der Waals surface area contributed by atoms with E-state index < -0.39 is 5.69 Å². The topological polar surface area (TPSA) is 73.1 Å². The second-order valence-electron chi connectivity index (χ2n) is 7.87. The number of nitrogens with one attached hydrogen (secondary N) is 1. The highest BCUT2D eigenvalue weighted by Crippen LogP contribution is 2.18.